The molecule has 1 aliphatic rings. The van der Waals surface area contributed by atoms with Crippen molar-refractivity contribution in [1.82, 2.24) is 0 Å². The van der Waals surface area contributed by atoms with Gasteiger partial charge in [0, 0.05) is 11.8 Å². The molecule has 2 unspecified atom stereocenters. The summed E-state index contributed by atoms with van der Waals surface area (Å²) >= 11 is 0. The van der Waals surface area contributed by atoms with Gasteiger partial charge in [-0.1, -0.05) is 20.3 Å². The summed E-state index contributed by atoms with van der Waals surface area (Å²) in [6.45, 7) is 16.0. The standard InChI is InChI=1S/C16H32O4/c1-12-10-9-11-13(2)16(12,19-17-14(3,4)5)20-18-15(6,7)8/h12-13H,9-11H2,1-8H3. The van der Waals surface area contributed by atoms with Crippen LogP contribution in [0.15, 0.2) is 0 Å². The molecule has 0 N–H and O–H groups in total. The molecule has 0 aromatic carbocycles. The highest BCUT2D eigenvalue weighted by molar-refractivity contribution is 4.85. The van der Waals surface area contributed by atoms with E-state index in [-0.39, 0.29) is 23.0 Å². The zero-order chi connectivity index (χ0) is 15.6. The molecule has 0 saturated heterocycles. The Bertz CT molecular complexity index is 271. The first-order valence-electron chi connectivity index (χ1n) is 7.70. The fraction of sp³-hybridized carbons (Fsp3) is 1.00. The Kier molecular flexibility index (Phi) is 5.64. The van der Waals surface area contributed by atoms with Gasteiger partial charge in [0.1, 0.15) is 0 Å². The third kappa shape index (κ3) is 4.99. The fourth-order valence-corrected chi connectivity index (χ4v) is 2.34. The molecular weight excluding hydrogens is 256 g/mol. The molecule has 1 aliphatic carbocycles. The van der Waals surface area contributed by atoms with Gasteiger partial charge in [-0.2, -0.15) is 9.78 Å². The molecule has 4 heteroatoms. The van der Waals surface area contributed by atoms with Gasteiger partial charge >= 0.3 is 0 Å². The molecule has 1 rings (SSSR count). The Balaban J connectivity index is 2.86. The lowest BCUT2D eigenvalue weighted by Crippen LogP contribution is -2.52. The molecule has 0 aliphatic heterocycles. The molecule has 20 heavy (non-hydrogen) atoms. The summed E-state index contributed by atoms with van der Waals surface area (Å²) in [5.74, 6) is -0.398. The SMILES string of the molecule is CC1CCCC(C)C1(OOC(C)(C)C)OOC(C)(C)C. The van der Waals surface area contributed by atoms with Crippen LogP contribution >= 0.6 is 0 Å². The summed E-state index contributed by atoms with van der Waals surface area (Å²) in [6, 6.07) is 0. The van der Waals surface area contributed by atoms with E-state index < -0.39 is 5.79 Å². The number of hydrogen-bond acceptors (Lipinski definition) is 4. The largest absolute Gasteiger partial charge is 0.238 e. The van der Waals surface area contributed by atoms with E-state index in [0.29, 0.717) is 0 Å². The third-order valence-corrected chi connectivity index (χ3v) is 3.49. The quantitative estimate of drug-likeness (QED) is 0.429. The molecule has 0 amide bonds. The zero-order valence-electron chi connectivity index (χ0n) is 14.4. The van der Waals surface area contributed by atoms with Crippen molar-refractivity contribution in [3.8, 4) is 0 Å². The van der Waals surface area contributed by atoms with Crippen LogP contribution in [0.5, 0.6) is 0 Å². The summed E-state index contributed by atoms with van der Waals surface area (Å²) in [5, 5.41) is 0. The van der Waals surface area contributed by atoms with E-state index in [1.807, 2.05) is 41.5 Å². The van der Waals surface area contributed by atoms with Gasteiger partial charge in [-0.3, -0.25) is 0 Å². The smallest absolute Gasteiger partial charge is 0.228 e. The Morgan fingerprint density at radius 2 is 1.10 bits per heavy atom. The van der Waals surface area contributed by atoms with Crippen LogP contribution in [0.1, 0.15) is 74.7 Å². The molecule has 0 heterocycles. The normalized spacial score (nSPS) is 27.6. The molecular formula is C16H32O4. The van der Waals surface area contributed by atoms with E-state index in [1.54, 1.807) is 0 Å². The summed E-state index contributed by atoms with van der Waals surface area (Å²) < 4.78 is 0. The van der Waals surface area contributed by atoms with Crippen LogP contribution in [0, 0.1) is 11.8 Å². The van der Waals surface area contributed by atoms with Crippen molar-refractivity contribution in [2.45, 2.75) is 91.6 Å². The van der Waals surface area contributed by atoms with E-state index in [4.69, 9.17) is 19.6 Å². The summed E-state index contributed by atoms with van der Waals surface area (Å²) in [4.78, 5) is 22.8. The first kappa shape index (κ1) is 17.9. The Hall–Kier alpha value is -0.160. The number of hydrogen-bond donors (Lipinski definition) is 0. The molecule has 1 fully saturated rings. The molecule has 0 spiro atoms. The van der Waals surface area contributed by atoms with Gasteiger partial charge in [-0.15, -0.1) is 0 Å². The van der Waals surface area contributed by atoms with E-state index in [0.717, 1.165) is 12.8 Å². The second kappa shape index (κ2) is 6.30. The molecule has 0 aromatic rings. The van der Waals surface area contributed by atoms with Crippen LogP contribution in [0.3, 0.4) is 0 Å². The summed E-state index contributed by atoms with van der Waals surface area (Å²) in [6.07, 6.45) is 3.28. The van der Waals surface area contributed by atoms with Gasteiger partial charge in [0.2, 0.25) is 5.79 Å². The minimum absolute atomic E-state index is 0.218. The first-order valence-corrected chi connectivity index (χ1v) is 7.70. The van der Waals surface area contributed by atoms with Crippen molar-refractivity contribution in [3.63, 3.8) is 0 Å². The monoisotopic (exact) mass is 288 g/mol. The van der Waals surface area contributed by atoms with Gasteiger partial charge in [0.25, 0.3) is 0 Å². The maximum Gasteiger partial charge on any atom is 0.238 e. The summed E-state index contributed by atoms with van der Waals surface area (Å²) in [7, 11) is 0. The lowest BCUT2D eigenvalue weighted by Gasteiger charge is -2.45. The van der Waals surface area contributed by atoms with Crippen molar-refractivity contribution in [1.29, 1.82) is 0 Å². The average Bonchev–Trinajstić information content (AvgIpc) is 2.25. The minimum atomic E-state index is -0.835. The van der Waals surface area contributed by atoms with Gasteiger partial charge in [0.15, 0.2) is 0 Å². The lowest BCUT2D eigenvalue weighted by atomic mass is 9.77. The van der Waals surface area contributed by atoms with Crippen molar-refractivity contribution >= 4 is 0 Å². The molecule has 2 atom stereocenters. The highest BCUT2D eigenvalue weighted by Gasteiger charge is 2.50. The number of rotatable bonds is 4. The fourth-order valence-electron chi connectivity index (χ4n) is 2.34. The van der Waals surface area contributed by atoms with Gasteiger partial charge in [-0.05, 0) is 54.4 Å². The van der Waals surface area contributed by atoms with Gasteiger partial charge in [-0.25, -0.2) is 9.78 Å². The highest BCUT2D eigenvalue weighted by atomic mass is 17.3. The van der Waals surface area contributed by atoms with Crippen molar-refractivity contribution in [2.75, 3.05) is 0 Å². The van der Waals surface area contributed by atoms with Crippen LogP contribution in [-0.2, 0) is 19.6 Å². The van der Waals surface area contributed by atoms with Gasteiger partial charge in [0.05, 0.1) is 11.2 Å². The van der Waals surface area contributed by atoms with Crippen LogP contribution < -0.4 is 0 Å². The van der Waals surface area contributed by atoms with E-state index >= 15 is 0 Å². The van der Waals surface area contributed by atoms with E-state index in [1.165, 1.54) is 6.42 Å². The molecule has 1 saturated carbocycles. The molecule has 0 bridgehead atoms. The molecule has 120 valence electrons. The Morgan fingerprint density at radius 3 is 1.40 bits per heavy atom. The Morgan fingerprint density at radius 1 is 0.750 bits per heavy atom. The summed E-state index contributed by atoms with van der Waals surface area (Å²) in [5.41, 5.74) is -0.760. The maximum atomic E-state index is 5.81. The lowest BCUT2D eigenvalue weighted by molar-refractivity contribution is -0.564. The first-order chi connectivity index (χ1) is 8.96. The van der Waals surface area contributed by atoms with Crippen molar-refractivity contribution in [2.24, 2.45) is 11.8 Å². The van der Waals surface area contributed by atoms with Crippen molar-refractivity contribution in [3.05, 3.63) is 0 Å². The minimum Gasteiger partial charge on any atom is -0.228 e. The second-order valence-corrected chi connectivity index (χ2v) is 8.01. The third-order valence-electron chi connectivity index (χ3n) is 3.49. The zero-order valence-corrected chi connectivity index (χ0v) is 14.4. The van der Waals surface area contributed by atoms with Gasteiger partial charge < -0.3 is 0 Å². The van der Waals surface area contributed by atoms with Crippen LogP contribution in [0.4, 0.5) is 0 Å². The highest BCUT2D eigenvalue weighted by Crippen LogP contribution is 2.43. The van der Waals surface area contributed by atoms with Crippen LogP contribution in [0.2, 0.25) is 0 Å². The average molecular weight is 288 g/mol. The van der Waals surface area contributed by atoms with E-state index in [9.17, 15) is 0 Å². The van der Waals surface area contributed by atoms with Crippen LogP contribution in [0.25, 0.3) is 0 Å². The topological polar surface area (TPSA) is 36.9 Å². The second-order valence-electron chi connectivity index (χ2n) is 8.01. The maximum absolute atomic E-state index is 5.81. The Labute approximate surface area is 124 Å². The predicted molar refractivity (Wildman–Crippen MR) is 78.8 cm³/mol. The predicted octanol–water partition coefficient (Wildman–Crippen LogP) is 4.63. The molecule has 0 radical (unpaired) electrons. The molecule has 4 nitrogen and oxygen atoms in total. The van der Waals surface area contributed by atoms with Crippen molar-refractivity contribution < 1.29 is 19.6 Å². The van der Waals surface area contributed by atoms with Crippen LogP contribution in [-0.4, -0.2) is 17.0 Å². The van der Waals surface area contributed by atoms with E-state index in [2.05, 4.69) is 13.8 Å². The molecule has 0 aromatic heterocycles.